The summed E-state index contributed by atoms with van der Waals surface area (Å²) in [6.45, 7) is 1.01. The number of fused-ring (bicyclic) bond motifs is 1. The third-order valence-electron chi connectivity index (χ3n) is 4.44. The first-order valence-electron chi connectivity index (χ1n) is 8.63. The van der Waals surface area contributed by atoms with Crippen molar-refractivity contribution in [2.45, 2.75) is 12.8 Å². The lowest BCUT2D eigenvalue weighted by atomic mass is 10.1. The standard InChI is InChI=1S/C21H24N2S2/c1-22(2)21-11-9-18-15-17(6-8-19(18)16-21)7-10-20-5-3-4-12-23(20)13-14-25-24/h5-12,15-16H,3-4,13-14H2,1-2H3/p+1/b10-7+. The van der Waals surface area contributed by atoms with E-state index >= 15 is 0 Å². The minimum atomic E-state index is 1.01. The van der Waals surface area contributed by atoms with Crippen LogP contribution in [0.5, 0.6) is 0 Å². The van der Waals surface area contributed by atoms with Crippen LogP contribution in [0.2, 0.25) is 0 Å². The van der Waals surface area contributed by atoms with Gasteiger partial charge in [-0.2, -0.15) is 0 Å². The van der Waals surface area contributed by atoms with E-state index < -0.39 is 0 Å². The lowest BCUT2D eigenvalue weighted by Crippen LogP contribution is -2.17. The second-order valence-electron chi connectivity index (χ2n) is 6.43. The van der Waals surface area contributed by atoms with Crippen molar-refractivity contribution in [1.82, 2.24) is 0 Å². The number of benzene rings is 2. The van der Waals surface area contributed by atoms with E-state index in [-0.39, 0.29) is 0 Å². The van der Waals surface area contributed by atoms with Crippen molar-refractivity contribution < 1.29 is 4.58 Å². The summed E-state index contributed by atoms with van der Waals surface area (Å²) in [4.78, 5) is 2.14. The van der Waals surface area contributed by atoms with E-state index in [2.05, 4.69) is 96.1 Å². The molecule has 130 valence electrons. The monoisotopic (exact) mass is 369 g/mol. The maximum absolute atomic E-state index is 4.25. The number of nitrogens with zero attached hydrogens (tertiary/aromatic N) is 2. The lowest BCUT2D eigenvalue weighted by Gasteiger charge is -2.13. The second kappa shape index (κ2) is 8.63. The van der Waals surface area contributed by atoms with Gasteiger partial charge in [-0.3, -0.25) is 0 Å². The molecule has 0 spiro atoms. The van der Waals surface area contributed by atoms with Gasteiger partial charge < -0.3 is 4.90 Å². The Hall–Kier alpha value is -1.65. The Morgan fingerprint density at radius 1 is 1.08 bits per heavy atom. The van der Waals surface area contributed by atoms with Crippen LogP contribution in [0, 0.1) is 0 Å². The van der Waals surface area contributed by atoms with Crippen molar-refractivity contribution in [3.05, 3.63) is 59.8 Å². The minimum Gasteiger partial charge on any atom is -0.378 e. The molecule has 0 saturated heterocycles. The van der Waals surface area contributed by atoms with Crippen LogP contribution in [0.3, 0.4) is 0 Å². The van der Waals surface area contributed by atoms with Gasteiger partial charge >= 0.3 is 0 Å². The Morgan fingerprint density at radius 3 is 2.68 bits per heavy atom. The number of hydrogen-bond donors (Lipinski definition) is 1. The summed E-state index contributed by atoms with van der Waals surface area (Å²) < 4.78 is 2.34. The van der Waals surface area contributed by atoms with Gasteiger partial charge in [0.05, 0.1) is 5.75 Å². The predicted octanol–water partition coefficient (Wildman–Crippen LogP) is 5.26. The molecule has 0 N–H and O–H groups in total. The topological polar surface area (TPSA) is 6.25 Å². The van der Waals surface area contributed by atoms with E-state index in [9.17, 15) is 0 Å². The first-order valence-corrected chi connectivity index (χ1v) is 10.7. The molecule has 1 aliphatic heterocycles. The predicted molar refractivity (Wildman–Crippen MR) is 117 cm³/mol. The van der Waals surface area contributed by atoms with Crippen LogP contribution in [0.4, 0.5) is 5.69 Å². The summed E-state index contributed by atoms with van der Waals surface area (Å²) in [6.07, 6.45) is 11.3. The molecule has 1 heterocycles. The van der Waals surface area contributed by atoms with Crippen LogP contribution < -0.4 is 4.90 Å². The number of anilines is 1. The van der Waals surface area contributed by atoms with Crippen molar-refractivity contribution in [2.24, 2.45) is 0 Å². The SMILES string of the molecule is CN(C)c1ccc2cc(/C=C/C3=CCCC=[N+]3CCSS)ccc2c1. The highest BCUT2D eigenvalue weighted by Crippen LogP contribution is 2.23. The van der Waals surface area contributed by atoms with Crippen molar-refractivity contribution in [3.63, 3.8) is 0 Å². The molecule has 0 bridgehead atoms. The molecule has 4 heteroatoms. The molecule has 0 fully saturated rings. The summed E-state index contributed by atoms with van der Waals surface area (Å²) in [5.74, 6) is 1.02. The van der Waals surface area contributed by atoms with Gasteiger partial charge in [-0.15, -0.1) is 11.7 Å². The summed E-state index contributed by atoms with van der Waals surface area (Å²) in [6, 6.07) is 13.3. The summed E-state index contributed by atoms with van der Waals surface area (Å²) in [5, 5.41) is 2.56. The summed E-state index contributed by atoms with van der Waals surface area (Å²) >= 11 is 4.25. The zero-order valence-electron chi connectivity index (χ0n) is 14.9. The van der Waals surface area contributed by atoms with Crippen molar-refractivity contribution >= 4 is 51.2 Å². The molecule has 0 saturated carbocycles. The highest BCUT2D eigenvalue weighted by Gasteiger charge is 2.13. The highest BCUT2D eigenvalue weighted by molar-refractivity contribution is 8.68. The maximum Gasteiger partial charge on any atom is 0.200 e. The largest absolute Gasteiger partial charge is 0.378 e. The van der Waals surface area contributed by atoms with Crippen molar-refractivity contribution in [2.75, 3.05) is 31.3 Å². The van der Waals surface area contributed by atoms with Crippen LogP contribution in [-0.4, -0.2) is 37.2 Å². The van der Waals surface area contributed by atoms with Crippen LogP contribution in [0.25, 0.3) is 16.8 Å². The normalized spacial score (nSPS) is 14.7. The fourth-order valence-corrected chi connectivity index (χ4v) is 3.55. The molecule has 0 unspecified atom stereocenters. The molecule has 0 aliphatic carbocycles. The minimum absolute atomic E-state index is 1.01. The van der Waals surface area contributed by atoms with Gasteiger partial charge in [0.25, 0.3) is 0 Å². The zero-order valence-corrected chi connectivity index (χ0v) is 16.6. The molecule has 2 nitrogen and oxygen atoms in total. The Bertz CT molecular complexity index is 835. The van der Waals surface area contributed by atoms with Gasteiger partial charge in [-0.25, -0.2) is 4.58 Å². The maximum atomic E-state index is 4.25. The smallest absolute Gasteiger partial charge is 0.200 e. The van der Waals surface area contributed by atoms with E-state index in [0.717, 1.165) is 25.1 Å². The quantitative estimate of drug-likeness (QED) is 0.421. The van der Waals surface area contributed by atoms with E-state index in [4.69, 9.17) is 0 Å². The van der Waals surface area contributed by atoms with E-state index in [1.165, 1.54) is 27.7 Å². The highest BCUT2D eigenvalue weighted by atomic mass is 33.1. The van der Waals surface area contributed by atoms with Gasteiger partial charge in [-0.1, -0.05) is 29.0 Å². The third kappa shape index (κ3) is 4.71. The molecule has 1 aliphatic rings. The van der Waals surface area contributed by atoms with Crippen molar-refractivity contribution in [3.8, 4) is 0 Å². The third-order valence-corrected chi connectivity index (χ3v) is 5.35. The average molecular weight is 370 g/mol. The Kier molecular flexibility index (Phi) is 6.27. The van der Waals surface area contributed by atoms with Crippen LogP contribution in [0.1, 0.15) is 18.4 Å². The number of rotatable bonds is 6. The summed E-state index contributed by atoms with van der Waals surface area (Å²) in [5.41, 5.74) is 3.76. The van der Waals surface area contributed by atoms with Crippen LogP contribution >= 0.6 is 22.5 Å². The van der Waals surface area contributed by atoms with Crippen LogP contribution in [0.15, 0.2) is 54.2 Å². The molecule has 0 aromatic heterocycles. The van der Waals surface area contributed by atoms with Crippen LogP contribution in [-0.2, 0) is 0 Å². The second-order valence-corrected chi connectivity index (χ2v) is 7.88. The van der Waals surface area contributed by atoms with Gasteiger partial charge in [0, 0.05) is 32.3 Å². The van der Waals surface area contributed by atoms with E-state index in [1.807, 2.05) is 0 Å². The number of thiol groups is 1. The fraction of sp³-hybridized carbons (Fsp3) is 0.286. The average Bonchev–Trinajstić information content (AvgIpc) is 2.64. The first-order chi connectivity index (χ1) is 12.2. The molecular weight excluding hydrogens is 344 g/mol. The zero-order chi connectivity index (χ0) is 17.6. The van der Waals surface area contributed by atoms with Crippen molar-refractivity contribution in [1.29, 1.82) is 0 Å². The number of allylic oxidation sites excluding steroid dienone is 2. The molecule has 0 radical (unpaired) electrons. The number of hydrogen-bond acceptors (Lipinski definition) is 3. The molecular formula is C21H25N2S2+. The Balaban J connectivity index is 1.80. The van der Waals surface area contributed by atoms with Gasteiger partial charge in [-0.05, 0) is 53.1 Å². The van der Waals surface area contributed by atoms with Gasteiger partial charge in [0.15, 0.2) is 6.54 Å². The molecule has 3 rings (SSSR count). The summed E-state index contributed by atoms with van der Waals surface area (Å²) in [7, 11) is 5.74. The van der Waals surface area contributed by atoms with E-state index in [0.29, 0.717) is 0 Å². The molecule has 25 heavy (non-hydrogen) atoms. The Morgan fingerprint density at radius 2 is 1.88 bits per heavy atom. The van der Waals surface area contributed by atoms with Gasteiger partial charge in [0.1, 0.15) is 6.21 Å². The first kappa shape index (κ1) is 18.2. The molecule has 2 aromatic carbocycles. The Labute approximate surface area is 159 Å². The molecule has 0 amide bonds. The van der Waals surface area contributed by atoms with E-state index in [1.54, 1.807) is 10.8 Å². The fourth-order valence-electron chi connectivity index (χ4n) is 3.02. The molecule has 2 aromatic rings. The van der Waals surface area contributed by atoms with Gasteiger partial charge in [0.2, 0.25) is 5.70 Å². The lowest BCUT2D eigenvalue weighted by molar-refractivity contribution is -0.464. The molecule has 0 atom stereocenters.